The smallest absolute Gasteiger partial charge is 0.250 e. The largest absolute Gasteiger partial charge is 0.309 e. The molecule has 0 amide bonds. The van der Waals surface area contributed by atoms with Crippen molar-refractivity contribution in [3.63, 3.8) is 0 Å². The van der Waals surface area contributed by atoms with Gasteiger partial charge in [-0.15, -0.1) is 11.3 Å². The van der Waals surface area contributed by atoms with Crippen molar-refractivity contribution in [1.82, 2.24) is 10.0 Å². The van der Waals surface area contributed by atoms with Gasteiger partial charge in [0.1, 0.15) is 4.21 Å². The van der Waals surface area contributed by atoms with Crippen LogP contribution in [0.2, 0.25) is 0 Å². The molecule has 1 fully saturated rings. The molecule has 0 radical (unpaired) electrons. The lowest BCUT2D eigenvalue weighted by molar-refractivity contribution is 0.252. The van der Waals surface area contributed by atoms with Crippen molar-refractivity contribution in [2.75, 3.05) is 6.54 Å². The van der Waals surface area contributed by atoms with Gasteiger partial charge in [-0.25, -0.2) is 13.1 Å². The Labute approximate surface area is 132 Å². The summed E-state index contributed by atoms with van der Waals surface area (Å²) in [6.45, 7) is 9.62. The summed E-state index contributed by atoms with van der Waals surface area (Å²) in [7, 11) is -3.39. The van der Waals surface area contributed by atoms with Crippen LogP contribution in [0.25, 0.3) is 0 Å². The lowest BCUT2D eigenvalue weighted by Gasteiger charge is -2.29. The van der Waals surface area contributed by atoms with Gasteiger partial charge in [0, 0.05) is 24.0 Å². The van der Waals surface area contributed by atoms with Crippen LogP contribution in [0.5, 0.6) is 0 Å². The van der Waals surface area contributed by atoms with Crippen molar-refractivity contribution >= 4 is 21.4 Å². The molecule has 1 aliphatic carbocycles. The fourth-order valence-electron chi connectivity index (χ4n) is 1.69. The maximum absolute atomic E-state index is 12.3. The highest BCUT2D eigenvalue weighted by molar-refractivity contribution is 7.91. The fourth-order valence-corrected chi connectivity index (χ4v) is 4.26. The maximum Gasteiger partial charge on any atom is 0.250 e. The van der Waals surface area contributed by atoms with Crippen molar-refractivity contribution in [2.24, 2.45) is 11.3 Å². The van der Waals surface area contributed by atoms with Gasteiger partial charge in [-0.1, -0.05) is 27.7 Å². The van der Waals surface area contributed by atoms with Crippen molar-refractivity contribution in [3.8, 4) is 0 Å². The van der Waals surface area contributed by atoms with Gasteiger partial charge in [0.05, 0.1) is 0 Å². The van der Waals surface area contributed by atoms with Gasteiger partial charge in [-0.05, 0) is 36.3 Å². The zero-order chi connectivity index (χ0) is 15.7. The van der Waals surface area contributed by atoms with Gasteiger partial charge in [-0.3, -0.25) is 0 Å². The molecule has 1 aromatic rings. The number of rotatable bonds is 8. The molecule has 0 bridgehead atoms. The average molecular weight is 331 g/mol. The second-order valence-corrected chi connectivity index (χ2v) is 10.0. The third kappa shape index (κ3) is 4.77. The van der Waals surface area contributed by atoms with Crippen LogP contribution in [-0.2, 0) is 16.6 Å². The molecule has 0 unspecified atom stereocenters. The van der Waals surface area contributed by atoms with E-state index in [1.54, 1.807) is 6.07 Å². The Morgan fingerprint density at radius 1 is 1.33 bits per heavy atom. The van der Waals surface area contributed by atoms with Crippen LogP contribution >= 0.6 is 11.3 Å². The number of sulfonamides is 1. The molecule has 0 saturated heterocycles. The van der Waals surface area contributed by atoms with Gasteiger partial charge in [0.25, 0.3) is 0 Å². The molecule has 2 N–H and O–H groups in total. The van der Waals surface area contributed by atoms with E-state index in [9.17, 15) is 8.42 Å². The first-order valence-corrected chi connectivity index (χ1v) is 9.82. The summed E-state index contributed by atoms with van der Waals surface area (Å²) in [5, 5.41) is 3.40. The third-order valence-electron chi connectivity index (χ3n) is 4.32. The second kappa shape index (κ2) is 6.36. The summed E-state index contributed by atoms with van der Waals surface area (Å²) >= 11 is 1.36. The second-order valence-electron chi connectivity index (χ2n) is 6.84. The van der Waals surface area contributed by atoms with E-state index in [2.05, 4.69) is 37.7 Å². The minimum Gasteiger partial charge on any atom is -0.309 e. The normalized spacial score (nSPS) is 16.6. The molecule has 21 heavy (non-hydrogen) atoms. The predicted octanol–water partition coefficient (Wildman–Crippen LogP) is 2.96. The van der Waals surface area contributed by atoms with E-state index in [0.29, 0.717) is 22.7 Å². The maximum atomic E-state index is 12.3. The van der Waals surface area contributed by atoms with Crippen LogP contribution in [0.4, 0.5) is 0 Å². The van der Waals surface area contributed by atoms with E-state index in [0.717, 1.165) is 11.4 Å². The zero-order valence-corrected chi connectivity index (χ0v) is 14.9. The van der Waals surface area contributed by atoms with E-state index in [1.807, 2.05) is 6.07 Å². The molecule has 1 saturated carbocycles. The molecule has 2 rings (SSSR count). The van der Waals surface area contributed by atoms with E-state index >= 15 is 0 Å². The highest BCUT2D eigenvalue weighted by Gasteiger charge is 2.26. The van der Waals surface area contributed by atoms with Crippen molar-refractivity contribution < 1.29 is 8.42 Å². The van der Waals surface area contributed by atoms with Crippen LogP contribution in [0.1, 0.15) is 45.4 Å². The van der Waals surface area contributed by atoms with Crippen molar-refractivity contribution in [2.45, 2.75) is 57.3 Å². The zero-order valence-electron chi connectivity index (χ0n) is 13.3. The van der Waals surface area contributed by atoms with Crippen molar-refractivity contribution in [1.29, 1.82) is 0 Å². The van der Waals surface area contributed by atoms with Gasteiger partial charge in [-0.2, -0.15) is 0 Å². The number of thiophene rings is 1. The predicted molar refractivity (Wildman–Crippen MR) is 88.0 cm³/mol. The highest BCUT2D eigenvalue weighted by Crippen LogP contribution is 2.27. The summed E-state index contributed by atoms with van der Waals surface area (Å²) < 4.78 is 27.8. The first-order valence-electron chi connectivity index (χ1n) is 7.52. The van der Waals surface area contributed by atoms with Crippen LogP contribution < -0.4 is 10.0 Å². The minimum atomic E-state index is -3.39. The monoisotopic (exact) mass is 330 g/mol. The molecule has 1 aromatic heterocycles. The van der Waals surface area contributed by atoms with E-state index in [1.165, 1.54) is 24.2 Å². The fraction of sp³-hybridized carbons (Fsp3) is 0.733. The van der Waals surface area contributed by atoms with Gasteiger partial charge in [0.15, 0.2) is 0 Å². The molecule has 0 aromatic carbocycles. The minimum absolute atomic E-state index is 0.0549. The summed E-state index contributed by atoms with van der Waals surface area (Å²) in [6.07, 6.45) is 2.48. The first-order chi connectivity index (χ1) is 9.71. The number of nitrogens with one attached hydrogen (secondary N) is 2. The molecule has 120 valence electrons. The van der Waals surface area contributed by atoms with Gasteiger partial charge >= 0.3 is 0 Å². The Morgan fingerprint density at radius 2 is 2.00 bits per heavy atom. The van der Waals surface area contributed by atoms with Crippen LogP contribution in [0.15, 0.2) is 16.3 Å². The average Bonchev–Trinajstić information content (AvgIpc) is 3.10. The Bertz CT molecular complexity index is 572. The highest BCUT2D eigenvalue weighted by atomic mass is 32.2. The third-order valence-corrected chi connectivity index (χ3v) is 7.30. The Kier molecular flexibility index (Phi) is 5.13. The van der Waals surface area contributed by atoms with Crippen LogP contribution in [0, 0.1) is 11.3 Å². The van der Waals surface area contributed by atoms with E-state index in [4.69, 9.17) is 0 Å². The summed E-state index contributed by atoms with van der Waals surface area (Å²) in [5.41, 5.74) is -0.0549. The van der Waals surface area contributed by atoms with E-state index in [-0.39, 0.29) is 5.41 Å². The molecule has 1 heterocycles. The quantitative estimate of drug-likeness (QED) is 0.770. The Hall–Kier alpha value is -0.430. The molecule has 6 heteroatoms. The number of hydrogen-bond donors (Lipinski definition) is 2. The van der Waals surface area contributed by atoms with E-state index < -0.39 is 10.0 Å². The number of hydrogen-bond acceptors (Lipinski definition) is 4. The Morgan fingerprint density at radius 3 is 2.57 bits per heavy atom. The molecule has 4 nitrogen and oxygen atoms in total. The molecular formula is C15H26N2O2S2. The van der Waals surface area contributed by atoms with Crippen LogP contribution in [-0.4, -0.2) is 21.0 Å². The van der Waals surface area contributed by atoms with Crippen molar-refractivity contribution in [3.05, 3.63) is 17.0 Å². The topological polar surface area (TPSA) is 58.2 Å². The van der Waals surface area contributed by atoms with Crippen LogP contribution in [0.3, 0.4) is 0 Å². The van der Waals surface area contributed by atoms with Gasteiger partial charge in [0.2, 0.25) is 10.0 Å². The molecular weight excluding hydrogens is 304 g/mol. The Balaban J connectivity index is 1.95. The molecule has 0 spiro atoms. The molecule has 0 atom stereocenters. The standard InChI is InChI=1S/C15H26N2O2S2/c1-11(2)15(3,4)10-17-21(18,19)14-8-7-13(20-14)9-16-12-5-6-12/h7-8,11-12,16-17H,5-6,9-10H2,1-4H3. The summed E-state index contributed by atoms with van der Waals surface area (Å²) in [4.78, 5) is 1.07. The lowest BCUT2D eigenvalue weighted by atomic mass is 9.81. The molecule has 1 aliphatic rings. The summed E-state index contributed by atoms with van der Waals surface area (Å²) in [5.74, 6) is 0.418. The summed E-state index contributed by atoms with van der Waals surface area (Å²) in [6, 6.07) is 4.25. The lowest BCUT2D eigenvalue weighted by Crippen LogP contribution is -2.36. The molecule has 0 aliphatic heterocycles. The first kappa shape index (κ1) is 16.9. The SMILES string of the molecule is CC(C)C(C)(C)CNS(=O)(=O)c1ccc(CNC2CC2)s1. The van der Waals surface area contributed by atoms with Gasteiger partial charge < -0.3 is 5.32 Å².